The van der Waals surface area contributed by atoms with Gasteiger partial charge in [0, 0.05) is 18.6 Å². The van der Waals surface area contributed by atoms with E-state index < -0.39 is 0 Å². The predicted molar refractivity (Wildman–Crippen MR) is 59.5 cm³/mol. The maximum atomic E-state index is 11.3. The van der Waals surface area contributed by atoms with Crippen molar-refractivity contribution in [2.45, 2.75) is 39.2 Å². The molecule has 0 aromatic carbocycles. The fourth-order valence-corrected chi connectivity index (χ4v) is 1.86. The zero-order valence-electron chi connectivity index (χ0n) is 10.2. The molecule has 2 N–H and O–H groups in total. The molecule has 4 heteroatoms. The minimum atomic E-state index is -0.295. The van der Waals surface area contributed by atoms with Crippen molar-refractivity contribution in [1.29, 1.82) is 0 Å². The summed E-state index contributed by atoms with van der Waals surface area (Å²) in [6.45, 7) is 4.53. The van der Waals surface area contributed by atoms with E-state index in [4.69, 9.17) is 15.2 Å². The van der Waals surface area contributed by atoms with Crippen molar-refractivity contribution in [2.75, 3.05) is 20.8 Å². The minimum Gasteiger partial charge on any atom is -0.469 e. The van der Waals surface area contributed by atoms with Gasteiger partial charge in [-0.25, -0.2) is 0 Å². The molecule has 0 bridgehead atoms. The third kappa shape index (κ3) is 3.80. The summed E-state index contributed by atoms with van der Waals surface area (Å²) in [5.74, 6) is -0.224. The molecule has 0 aromatic heterocycles. The number of nitrogens with two attached hydrogens (primary N) is 1. The van der Waals surface area contributed by atoms with E-state index in [9.17, 15) is 4.79 Å². The lowest BCUT2D eigenvalue weighted by molar-refractivity contribution is -0.145. The lowest BCUT2D eigenvalue weighted by Crippen LogP contribution is -2.45. The van der Waals surface area contributed by atoms with Gasteiger partial charge in [-0.1, -0.05) is 13.8 Å². The van der Waals surface area contributed by atoms with Crippen LogP contribution in [0.4, 0.5) is 0 Å². The largest absolute Gasteiger partial charge is 0.469 e. The van der Waals surface area contributed by atoms with Gasteiger partial charge in [0.2, 0.25) is 0 Å². The molecule has 0 aromatic rings. The maximum absolute atomic E-state index is 11.3. The molecule has 90 valence electrons. The number of carbonyl (C=O) groups excluding carboxylic acids is 1. The van der Waals surface area contributed by atoms with Crippen LogP contribution in [-0.2, 0) is 14.3 Å². The molecule has 15 heavy (non-hydrogen) atoms. The Morgan fingerprint density at radius 1 is 1.40 bits per heavy atom. The normalized spacial score (nSPS) is 16.9. The minimum absolute atomic E-state index is 0.0402. The van der Waals surface area contributed by atoms with Crippen LogP contribution >= 0.6 is 0 Å². The van der Waals surface area contributed by atoms with Crippen LogP contribution in [0.1, 0.15) is 33.1 Å². The van der Waals surface area contributed by atoms with E-state index in [1.54, 1.807) is 7.11 Å². The molecule has 0 spiro atoms. The van der Waals surface area contributed by atoms with E-state index in [2.05, 4.69) is 0 Å². The Labute approximate surface area is 92.1 Å². The van der Waals surface area contributed by atoms with Crippen LogP contribution in [0.5, 0.6) is 0 Å². The number of esters is 1. The number of carbonyl (C=O) groups is 1. The van der Waals surface area contributed by atoms with E-state index in [0.717, 1.165) is 12.8 Å². The zero-order chi connectivity index (χ0) is 11.9. The molecule has 0 rings (SSSR count). The SMILES string of the molecule is CCC(N)C(CC)(COC)CC(=O)OC. The first-order valence-corrected chi connectivity index (χ1v) is 5.37. The van der Waals surface area contributed by atoms with Gasteiger partial charge in [-0.05, 0) is 12.8 Å². The number of methoxy groups -OCH3 is 2. The number of ether oxygens (including phenoxy) is 2. The van der Waals surface area contributed by atoms with E-state index in [-0.39, 0.29) is 17.4 Å². The first-order valence-electron chi connectivity index (χ1n) is 5.37. The fourth-order valence-electron chi connectivity index (χ4n) is 1.86. The highest BCUT2D eigenvalue weighted by Crippen LogP contribution is 2.32. The highest BCUT2D eigenvalue weighted by atomic mass is 16.5. The van der Waals surface area contributed by atoms with Gasteiger partial charge < -0.3 is 15.2 Å². The Morgan fingerprint density at radius 3 is 2.33 bits per heavy atom. The molecule has 2 atom stereocenters. The van der Waals surface area contributed by atoms with Gasteiger partial charge in [0.1, 0.15) is 0 Å². The summed E-state index contributed by atoms with van der Waals surface area (Å²) in [7, 11) is 3.02. The van der Waals surface area contributed by atoms with Crippen molar-refractivity contribution in [3.63, 3.8) is 0 Å². The van der Waals surface area contributed by atoms with Crippen molar-refractivity contribution in [3.05, 3.63) is 0 Å². The Kier molecular flexibility index (Phi) is 6.52. The summed E-state index contributed by atoms with van der Waals surface area (Å²) in [6, 6.07) is -0.0402. The number of hydrogen-bond donors (Lipinski definition) is 1. The zero-order valence-corrected chi connectivity index (χ0v) is 10.2. The van der Waals surface area contributed by atoms with Crippen LogP contribution in [0.2, 0.25) is 0 Å². The van der Waals surface area contributed by atoms with E-state index in [0.29, 0.717) is 13.0 Å². The lowest BCUT2D eigenvalue weighted by atomic mass is 9.75. The van der Waals surface area contributed by atoms with Gasteiger partial charge in [0.25, 0.3) is 0 Å². The molecule has 2 unspecified atom stereocenters. The molecule has 0 saturated carbocycles. The quantitative estimate of drug-likeness (QED) is 0.653. The summed E-state index contributed by atoms with van der Waals surface area (Å²) in [5.41, 5.74) is 5.77. The third-order valence-corrected chi connectivity index (χ3v) is 3.09. The molecule has 0 amide bonds. The fraction of sp³-hybridized carbons (Fsp3) is 0.909. The third-order valence-electron chi connectivity index (χ3n) is 3.09. The second kappa shape index (κ2) is 6.80. The smallest absolute Gasteiger partial charge is 0.306 e. The van der Waals surface area contributed by atoms with Gasteiger partial charge in [-0.15, -0.1) is 0 Å². The summed E-state index contributed by atoms with van der Waals surface area (Å²) < 4.78 is 9.88. The molecule has 0 fully saturated rings. The summed E-state index contributed by atoms with van der Waals surface area (Å²) in [6.07, 6.45) is 1.96. The molecule has 0 saturated heterocycles. The van der Waals surface area contributed by atoms with Crippen LogP contribution in [0.15, 0.2) is 0 Å². The second-order valence-electron chi connectivity index (χ2n) is 3.92. The Balaban J connectivity index is 4.71. The average Bonchev–Trinajstić information content (AvgIpc) is 2.26. The van der Waals surface area contributed by atoms with Crippen molar-refractivity contribution in [1.82, 2.24) is 0 Å². The van der Waals surface area contributed by atoms with E-state index >= 15 is 0 Å². The van der Waals surface area contributed by atoms with Crippen LogP contribution in [0.3, 0.4) is 0 Å². The average molecular weight is 217 g/mol. The maximum Gasteiger partial charge on any atom is 0.306 e. The summed E-state index contributed by atoms with van der Waals surface area (Å²) in [5, 5.41) is 0. The van der Waals surface area contributed by atoms with Crippen LogP contribution in [0.25, 0.3) is 0 Å². The van der Waals surface area contributed by atoms with Gasteiger partial charge >= 0.3 is 5.97 Å². The van der Waals surface area contributed by atoms with Gasteiger partial charge in [0.05, 0.1) is 20.1 Å². The van der Waals surface area contributed by atoms with Crippen LogP contribution in [-0.4, -0.2) is 32.8 Å². The highest BCUT2D eigenvalue weighted by molar-refractivity contribution is 5.70. The molecular weight excluding hydrogens is 194 g/mol. The monoisotopic (exact) mass is 217 g/mol. The Bertz CT molecular complexity index is 196. The molecular formula is C11H23NO3. The Hall–Kier alpha value is -0.610. The van der Waals surface area contributed by atoms with Crippen molar-refractivity contribution >= 4 is 5.97 Å². The molecule has 4 nitrogen and oxygen atoms in total. The first kappa shape index (κ1) is 14.4. The Morgan fingerprint density at radius 2 is 2.00 bits per heavy atom. The lowest BCUT2D eigenvalue weighted by Gasteiger charge is -2.36. The van der Waals surface area contributed by atoms with Crippen LogP contribution < -0.4 is 5.73 Å². The summed E-state index contributed by atoms with van der Waals surface area (Å²) in [4.78, 5) is 11.3. The molecule has 0 aliphatic carbocycles. The van der Waals surface area contributed by atoms with E-state index in [1.807, 2.05) is 13.8 Å². The second-order valence-corrected chi connectivity index (χ2v) is 3.92. The molecule has 0 aliphatic heterocycles. The van der Waals surface area contributed by atoms with Crippen LogP contribution in [0, 0.1) is 5.41 Å². The standard InChI is InChI=1S/C11H23NO3/c1-5-9(12)11(6-2,8-14-3)7-10(13)15-4/h9H,5-8,12H2,1-4H3. The van der Waals surface area contributed by atoms with Gasteiger partial charge in [0.15, 0.2) is 0 Å². The summed E-state index contributed by atoms with van der Waals surface area (Å²) >= 11 is 0. The van der Waals surface area contributed by atoms with Gasteiger partial charge in [-0.3, -0.25) is 4.79 Å². The predicted octanol–water partition coefficient (Wildman–Crippen LogP) is 1.33. The number of rotatable bonds is 7. The topological polar surface area (TPSA) is 61.5 Å². The van der Waals surface area contributed by atoms with Crippen molar-refractivity contribution in [2.24, 2.45) is 11.1 Å². The first-order chi connectivity index (χ1) is 7.06. The molecule has 0 radical (unpaired) electrons. The molecule has 0 heterocycles. The van der Waals surface area contributed by atoms with Crippen molar-refractivity contribution < 1.29 is 14.3 Å². The number of hydrogen-bond acceptors (Lipinski definition) is 4. The van der Waals surface area contributed by atoms with Gasteiger partial charge in [-0.2, -0.15) is 0 Å². The van der Waals surface area contributed by atoms with E-state index in [1.165, 1.54) is 7.11 Å². The molecule has 0 aliphatic rings. The highest BCUT2D eigenvalue weighted by Gasteiger charge is 2.36. The van der Waals surface area contributed by atoms with Crippen molar-refractivity contribution in [3.8, 4) is 0 Å².